The number of nitrogens with one attached hydrogen (secondary N) is 1. The second-order valence-electron chi connectivity index (χ2n) is 4.86. The van der Waals surface area contributed by atoms with Gasteiger partial charge in [0.15, 0.2) is 0 Å². The van der Waals surface area contributed by atoms with Crippen LogP contribution in [0.5, 0.6) is 5.75 Å². The van der Waals surface area contributed by atoms with Crippen molar-refractivity contribution in [2.75, 3.05) is 7.11 Å². The van der Waals surface area contributed by atoms with E-state index in [0.717, 1.165) is 12.3 Å². The van der Waals surface area contributed by atoms with E-state index in [4.69, 9.17) is 4.74 Å². The highest BCUT2D eigenvalue weighted by Crippen LogP contribution is 2.19. The average Bonchev–Trinajstić information content (AvgIpc) is 2.46. The second-order valence-corrected chi connectivity index (χ2v) is 4.86. The van der Waals surface area contributed by atoms with E-state index in [1.807, 2.05) is 12.1 Å². The Bertz CT molecular complexity index is 519. The van der Waals surface area contributed by atoms with Gasteiger partial charge in [0.1, 0.15) is 5.75 Å². The lowest BCUT2D eigenvalue weighted by atomic mass is 10.1. The highest BCUT2D eigenvalue weighted by molar-refractivity contribution is 5.30. The summed E-state index contributed by atoms with van der Waals surface area (Å²) in [4.78, 5) is 0. The molecule has 0 saturated heterocycles. The maximum atomic E-state index is 5.25. The van der Waals surface area contributed by atoms with Gasteiger partial charge in [0.05, 0.1) is 7.11 Å². The summed E-state index contributed by atoms with van der Waals surface area (Å²) in [6, 6.07) is 17.1. The lowest BCUT2D eigenvalue weighted by Crippen LogP contribution is -2.18. The Labute approximate surface area is 115 Å². The molecule has 0 spiro atoms. The third-order valence-electron chi connectivity index (χ3n) is 3.33. The van der Waals surface area contributed by atoms with E-state index in [0.29, 0.717) is 6.04 Å². The highest BCUT2D eigenvalue weighted by Gasteiger charge is 2.05. The van der Waals surface area contributed by atoms with Crippen LogP contribution in [0.4, 0.5) is 0 Å². The first kappa shape index (κ1) is 13.6. The average molecular weight is 255 g/mol. The molecule has 0 bridgehead atoms. The van der Waals surface area contributed by atoms with Gasteiger partial charge in [0.2, 0.25) is 0 Å². The number of methoxy groups -OCH3 is 1. The van der Waals surface area contributed by atoms with Crippen molar-refractivity contribution in [1.82, 2.24) is 5.32 Å². The quantitative estimate of drug-likeness (QED) is 0.876. The van der Waals surface area contributed by atoms with Crippen LogP contribution in [-0.4, -0.2) is 7.11 Å². The van der Waals surface area contributed by atoms with Crippen molar-refractivity contribution in [1.29, 1.82) is 0 Å². The number of hydrogen-bond acceptors (Lipinski definition) is 2. The molecule has 2 rings (SSSR count). The number of ether oxygens (including phenoxy) is 1. The minimum Gasteiger partial charge on any atom is -0.497 e. The fourth-order valence-corrected chi connectivity index (χ4v) is 2.01. The van der Waals surface area contributed by atoms with Crippen molar-refractivity contribution < 1.29 is 4.74 Å². The van der Waals surface area contributed by atoms with E-state index >= 15 is 0 Å². The van der Waals surface area contributed by atoms with Gasteiger partial charge in [-0.15, -0.1) is 0 Å². The molecule has 0 saturated carbocycles. The number of aryl methyl sites for hydroxylation is 1. The van der Waals surface area contributed by atoms with Crippen molar-refractivity contribution in [3.8, 4) is 5.75 Å². The summed E-state index contributed by atoms with van der Waals surface area (Å²) in [5.74, 6) is 0.904. The van der Waals surface area contributed by atoms with Crippen molar-refractivity contribution in [2.45, 2.75) is 26.4 Å². The van der Waals surface area contributed by atoms with Gasteiger partial charge >= 0.3 is 0 Å². The van der Waals surface area contributed by atoms with E-state index in [-0.39, 0.29) is 0 Å². The Morgan fingerprint density at radius 2 is 1.84 bits per heavy atom. The van der Waals surface area contributed by atoms with Gasteiger partial charge in [0, 0.05) is 12.6 Å². The Morgan fingerprint density at radius 1 is 1.11 bits per heavy atom. The van der Waals surface area contributed by atoms with E-state index in [2.05, 4.69) is 55.6 Å². The third-order valence-corrected chi connectivity index (χ3v) is 3.33. The molecule has 1 unspecified atom stereocenters. The molecule has 0 aromatic heterocycles. The predicted octanol–water partition coefficient (Wildman–Crippen LogP) is 3.85. The monoisotopic (exact) mass is 255 g/mol. The summed E-state index contributed by atoms with van der Waals surface area (Å²) < 4.78 is 5.25. The van der Waals surface area contributed by atoms with Crippen LogP contribution in [-0.2, 0) is 6.54 Å². The Balaban J connectivity index is 1.96. The molecule has 1 atom stereocenters. The molecule has 0 fully saturated rings. The van der Waals surface area contributed by atoms with Gasteiger partial charge in [0.25, 0.3) is 0 Å². The van der Waals surface area contributed by atoms with Crippen molar-refractivity contribution in [2.24, 2.45) is 0 Å². The number of hydrogen-bond donors (Lipinski definition) is 1. The SMILES string of the molecule is COc1cccc(C(C)NCc2ccc(C)cc2)c1. The normalized spacial score (nSPS) is 12.2. The molecule has 0 aliphatic rings. The lowest BCUT2D eigenvalue weighted by Gasteiger charge is -2.15. The molecule has 1 N–H and O–H groups in total. The lowest BCUT2D eigenvalue weighted by molar-refractivity contribution is 0.413. The molecule has 2 aromatic rings. The zero-order chi connectivity index (χ0) is 13.7. The Hall–Kier alpha value is -1.80. The van der Waals surface area contributed by atoms with Gasteiger partial charge in [-0.25, -0.2) is 0 Å². The topological polar surface area (TPSA) is 21.3 Å². The van der Waals surface area contributed by atoms with Crippen molar-refractivity contribution >= 4 is 0 Å². The molecular formula is C17H21NO. The van der Waals surface area contributed by atoms with E-state index < -0.39 is 0 Å². The fraction of sp³-hybridized carbons (Fsp3) is 0.294. The summed E-state index contributed by atoms with van der Waals surface area (Å²) >= 11 is 0. The molecule has 0 amide bonds. The molecule has 0 heterocycles. The van der Waals surface area contributed by atoms with Crippen LogP contribution in [0.25, 0.3) is 0 Å². The van der Waals surface area contributed by atoms with E-state index in [1.54, 1.807) is 7.11 Å². The van der Waals surface area contributed by atoms with Crippen LogP contribution in [0.1, 0.15) is 29.7 Å². The second kappa shape index (κ2) is 6.39. The summed E-state index contributed by atoms with van der Waals surface area (Å²) in [6.07, 6.45) is 0. The first-order chi connectivity index (χ1) is 9.19. The molecule has 2 aromatic carbocycles. The third kappa shape index (κ3) is 3.83. The van der Waals surface area contributed by atoms with Gasteiger partial charge < -0.3 is 10.1 Å². The van der Waals surface area contributed by atoms with Crippen LogP contribution in [0.3, 0.4) is 0 Å². The van der Waals surface area contributed by atoms with Gasteiger partial charge in [-0.2, -0.15) is 0 Å². The van der Waals surface area contributed by atoms with Crippen LogP contribution >= 0.6 is 0 Å². The molecule has 19 heavy (non-hydrogen) atoms. The molecule has 2 nitrogen and oxygen atoms in total. The van der Waals surface area contributed by atoms with Crippen LogP contribution in [0.15, 0.2) is 48.5 Å². The highest BCUT2D eigenvalue weighted by atomic mass is 16.5. The van der Waals surface area contributed by atoms with Gasteiger partial charge in [-0.05, 0) is 37.1 Å². The van der Waals surface area contributed by atoms with E-state index in [1.165, 1.54) is 16.7 Å². The maximum absolute atomic E-state index is 5.25. The minimum absolute atomic E-state index is 0.302. The standard InChI is InChI=1S/C17H21NO/c1-13-7-9-15(10-8-13)12-18-14(2)16-5-4-6-17(11-16)19-3/h4-11,14,18H,12H2,1-3H3. The predicted molar refractivity (Wildman–Crippen MR) is 79.4 cm³/mol. The molecule has 0 radical (unpaired) electrons. The van der Waals surface area contributed by atoms with Gasteiger partial charge in [-0.1, -0.05) is 42.0 Å². The Kier molecular flexibility index (Phi) is 4.58. The largest absolute Gasteiger partial charge is 0.497 e. The van der Waals surface area contributed by atoms with Crippen LogP contribution in [0, 0.1) is 6.92 Å². The molecule has 0 aliphatic heterocycles. The zero-order valence-electron chi connectivity index (χ0n) is 11.8. The Morgan fingerprint density at radius 3 is 2.53 bits per heavy atom. The van der Waals surface area contributed by atoms with Crippen LogP contribution in [0.2, 0.25) is 0 Å². The smallest absolute Gasteiger partial charge is 0.119 e. The van der Waals surface area contributed by atoms with Crippen molar-refractivity contribution in [3.63, 3.8) is 0 Å². The summed E-state index contributed by atoms with van der Waals surface area (Å²) in [5, 5.41) is 3.53. The van der Waals surface area contributed by atoms with E-state index in [9.17, 15) is 0 Å². The summed E-state index contributed by atoms with van der Waals surface area (Å²) in [6.45, 7) is 5.15. The van der Waals surface area contributed by atoms with Gasteiger partial charge in [-0.3, -0.25) is 0 Å². The molecule has 100 valence electrons. The number of benzene rings is 2. The molecular weight excluding hydrogens is 234 g/mol. The maximum Gasteiger partial charge on any atom is 0.119 e. The summed E-state index contributed by atoms with van der Waals surface area (Å²) in [5.41, 5.74) is 3.84. The first-order valence-corrected chi connectivity index (χ1v) is 6.62. The summed E-state index contributed by atoms with van der Waals surface area (Å²) in [7, 11) is 1.70. The molecule has 2 heteroatoms. The van der Waals surface area contributed by atoms with Crippen molar-refractivity contribution in [3.05, 3.63) is 65.2 Å². The van der Waals surface area contributed by atoms with Crippen LogP contribution < -0.4 is 10.1 Å². The minimum atomic E-state index is 0.302. The number of rotatable bonds is 5. The zero-order valence-corrected chi connectivity index (χ0v) is 11.8. The molecule has 0 aliphatic carbocycles. The first-order valence-electron chi connectivity index (χ1n) is 6.62. The fourth-order valence-electron chi connectivity index (χ4n) is 2.01.